The maximum Gasteiger partial charge on any atom is 0.255 e. The third-order valence-electron chi connectivity index (χ3n) is 3.51. The molecule has 6 heteroatoms. The fraction of sp³-hybridized carbons (Fsp3) is 0.583. The average molecular weight is 268 g/mol. The summed E-state index contributed by atoms with van der Waals surface area (Å²) in [5, 5.41) is 7.00. The molecular formula is C12H20N4OS. The Bertz CT molecular complexity index is 463. The summed E-state index contributed by atoms with van der Waals surface area (Å²) < 4.78 is 1.66. The van der Waals surface area contributed by atoms with Crippen LogP contribution in [-0.4, -0.2) is 26.2 Å². The highest BCUT2D eigenvalue weighted by Crippen LogP contribution is 2.17. The molecule has 1 aromatic heterocycles. The quantitative estimate of drug-likeness (QED) is 0.790. The van der Waals surface area contributed by atoms with Crippen molar-refractivity contribution in [3.63, 3.8) is 0 Å². The van der Waals surface area contributed by atoms with Gasteiger partial charge in [-0.05, 0) is 19.8 Å². The standard InChI is InChI=1S/C12H20N4OS/c1-5-12(6-2,11(13)18)15-10(17)9-7-14-16(4)8(9)3/h7H,5-6H2,1-4H3,(H2,13,18)(H,15,17). The summed E-state index contributed by atoms with van der Waals surface area (Å²) in [5.41, 5.74) is 6.51. The average Bonchev–Trinajstić information content (AvgIpc) is 2.66. The molecular weight excluding hydrogens is 248 g/mol. The topological polar surface area (TPSA) is 72.9 Å². The molecule has 0 aliphatic rings. The summed E-state index contributed by atoms with van der Waals surface area (Å²) in [4.78, 5) is 12.6. The van der Waals surface area contributed by atoms with Crippen LogP contribution in [0.2, 0.25) is 0 Å². The number of hydrogen-bond acceptors (Lipinski definition) is 3. The van der Waals surface area contributed by atoms with Crippen molar-refractivity contribution in [1.82, 2.24) is 15.1 Å². The first-order chi connectivity index (χ1) is 8.38. The number of nitrogens with one attached hydrogen (secondary N) is 1. The molecule has 0 atom stereocenters. The van der Waals surface area contributed by atoms with Crippen LogP contribution in [-0.2, 0) is 7.05 Å². The monoisotopic (exact) mass is 268 g/mol. The highest BCUT2D eigenvalue weighted by molar-refractivity contribution is 7.80. The van der Waals surface area contributed by atoms with Crippen LogP contribution in [0.3, 0.4) is 0 Å². The molecule has 0 aliphatic heterocycles. The lowest BCUT2D eigenvalue weighted by Gasteiger charge is -2.31. The van der Waals surface area contributed by atoms with Crippen molar-refractivity contribution in [2.45, 2.75) is 39.2 Å². The van der Waals surface area contributed by atoms with Crippen molar-refractivity contribution in [3.8, 4) is 0 Å². The van der Waals surface area contributed by atoms with Gasteiger partial charge in [0.2, 0.25) is 0 Å². The van der Waals surface area contributed by atoms with Gasteiger partial charge in [0.05, 0.1) is 22.3 Å². The van der Waals surface area contributed by atoms with E-state index >= 15 is 0 Å². The van der Waals surface area contributed by atoms with Gasteiger partial charge in [-0.15, -0.1) is 0 Å². The second-order valence-corrected chi connectivity index (χ2v) is 4.81. The van der Waals surface area contributed by atoms with Crippen molar-refractivity contribution < 1.29 is 4.79 Å². The molecule has 1 rings (SSSR count). The largest absolute Gasteiger partial charge is 0.391 e. The minimum absolute atomic E-state index is 0.183. The Morgan fingerprint density at radius 2 is 2.11 bits per heavy atom. The molecule has 0 fully saturated rings. The summed E-state index contributed by atoms with van der Waals surface area (Å²) >= 11 is 5.08. The Balaban J connectivity index is 2.99. The Kier molecular flexibility index (Phi) is 4.45. The number of carbonyl (C=O) groups excluding carboxylic acids is 1. The Labute approximate surface area is 113 Å². The van der Waals surface area contributed by atoms with Gasteiger partial charge in [0.1, 0.15) is 0 Å². The molecule has 1 heterocycles. The van der Waals surface area contributed by atoms with E-state index in [4.69, 9.17) is 18.0 Å². The van der Waals surface area contributed by atoms with Crippen LogP contribution in [0.1, 0.15) is 42.7 Å². The molecule has 3 N–H and O–H groups in total. The number of thiocarbonyl (C=S) groups is 1. The lowest BCUT2D eigenvalue weighted by atomic mass is 9.92. The van der Waals surface area contributed by atoms with Gasteiger partial charge in [0.15, 0.2) is 0 Å². The zero-order valence-corrected chi connectivity index (χ0v) is 12.1. The van der Waals surface area contributed by atoms with E-state index in [0.29, 0.717) is 23.4 Å². The lowest BCUT2D eigenvalue weighted by Crippen LogP contribution is -2.56. The molecule has 0 saturated heterocycles. The fourth-order valence-corrected chi connectivity index (χ4v) is 2.18. The second kappa shape index (κ2) is 5.48. The summed E-state index contributed by atoms with van der Waals surface area (Å²) in [6.07, 6.45) is 2.90. The molecule has 18 heavy (non-hydrogen) atoms. The van der Waals surface area contributed by atoms with E-state index < -0.39 is 5.54 Å². The molecule has 0 aliphatic carbocycles. The van der Waals surface area contributed by atoms with Gasteiger partial charge in [-0.2, -0.15) is 5.10 Å². The molecule has 1 aromatic rings. The SMILES string of the molecule is CCC(CC)(NC(=O)c1cnn(C)c1C)C(N)=S. The van der Waals surface area contributed by atoms with E-state index in [1.54, 1.807) is 17.9 Å². The zero-order chi connectivity index (χ0) is 13.9. The lowest BCUT2D eigenvalue weighted by molar-refractivity contribution is 0.0919. The van der Waals surface area contributed by atoms with E-state index in [1.807, 2.05) is 20.8 Å². The van der Waals surface area contributed by atoms with Gasteiger partial charge in [-0.25, -0.2) is 0 Å². The first-order valence-corrected chi connectivity index (χ1v) is 6.39. The highest BCUT2D eigenvalue weighted by Gasteiger charge is 2.32. The molecule has 5 nitrogen and oxygen atoms in total. The molecule has 1 amide bonds. The Morgan fingerprint density at radius 3 is 2.44 bits per heavy atom. The van der Waals surface area contributed by atoms with Crippen LogP contribution >= 0.6 is 12.2 Å². The number of aryl methyl sites for hydroxylation is 1. The predicted octanol–water partition coefficient (Wildman–Crippen LogP) is 1.30. The van der Waals surface area contributed by atoms with E-state index in [-0.39, 0.29) is 5.91 Å². The Hall–Kier alpha value is -1.43. The van der Waals surface area contributed by atoms with E-state index in [1.165, 1.54) is 0 Å². The summed E-state index contributed by atoms with van der Waals surface area (Å²) in [5.74, 6) is -0.183. The van der Waals surface area contributed by atoms with Crippen molar-refractivity contribution in [3.05, 3.63) is 17.5 Å². The van der Waals surface area contributed by atoms with Crippen LogP contribution in [0.15, 0.2) is 6.20 Å². The molecule has 0 unspecified atom stereocenters. The number of hydrogen-bond donors (Lipinski definition) is 2. The molecule has 0 aromatic carbocycles. The predicted molar refractivity (Wildman–Crippen MR) is 75.5 cm³/mol. The number of rotatable bonds is 5. The molecule has 0 spiro atoms. The number of amides is 1. The second-order valence-electron chi connectivity index (χ2n) is 4.37. The van der Waals surface area contributed by atoms with Crippen molar-refractivity contribution in [2.75, 3.05) is 0 Å². The number of nitrogens with zero attached hydrogens (tertiary/aromatic N) is 2. The van der Waals surface area contributed by atoms with Gasteiger partial charge in [-0.3, -0.25) is 9.48 Å². The van der Waals surface area contributed by atoms with Gasteiger partial charge in [0.25, 0.3) is 5.91 Å². The third-order valence-corrected chi connectivity index (χ3v) is 3.90. The first kappa shape index (κ1) is 14.6. The smallest absolute Gasteiger partial charge is 0.255 e. The van der Waals surface area contributed by atoms with Crippen molar-refractivity contribution in [1.29, 1.82) is 0 Å². The molecule has 0 bridgehead atoms. The molecule has 100 valence electrons. The summed E-state index contributed by atoms with van der Waals surface area (Å²) in [6.45, 7) is 5.76. The normalized spacial score (nSPS) is 11.3. The molecule has 0 radical (unpaired) electrons. The van der Waals surface area contributed by atoms with Crippen molar-refractivity contribution in [2.24, 2.45) is 12.8 Å². The maximum absolute atomic E-state index is 12.2. The fourth-order valence-electron chi connectivity index (χ4n) is 1.84. The van der Waals surface area contributed by atoms with Gasteiger partial charge >= 0.3 is 0 Å². The van der Waals surface area contributed by atoms with Crippen LogP contribution < -0.4 is 11.1 Å². The highest BCUT2D eigenvalue weighted by atomic mass is 32.1. The molecule has 0 saturated carbocycles. The van der Waals surface area contributed by atoms with Crippen LogP contribution in [0.5, 0.6) is 0 Å². The summed E-state index contributed by atoms with van der Waals surface area (Å²) in [7, 11) is 1.80. The number of carbonyl (C=O) groups is 1. The number of nitrogens with two attached hydrogens (primary N) is 1. The van der Waals surface area contributed by atoms with Crippen LogP contribution in [0.4, 0.5) is 0 Å². The first-order valence-electron chi connectivity index (χ1n) is 5.99. The van der Waals surface area contributed by atoms with E-state index in [2.05, 4.69) is 10.4 Å². The number of aromatic nitrogens is 2. The van der Waals surface area contributed by atoms with Gasteiger partial charge in [-0.1, -0.05) is 26.1 Å². The zero-order valence-electron chi connectivity index (χ0n) is 11.3. The minimum Gasteiger partial charge on any atom is -0.391 e. The van der Waals surface area contributed by atoms with Gasteiger partial charge < -0.3 is 11.1 Å². The minimum atomic E-state index is -0.616. The Morgan fingerprint density at radius 1 is 1.56 bits per heavy atom. The summed E-state index contributed by atoms with van der Waals surface area (Å²) in [6, 6.07) is 0. The van der Waals surface area contributed by atoms with Crippen LogP contribution in [0.25, 0.3) is 0 Å². The van der Waals surface area contributed by atoms with Crippen molar-refractivity contribution >= 4 is 23.1 Å². The third kappa shape index (κ3) is 2.53. The van der Waals surface area contributed by atoms with Crippen LogP contribution in [0, 0.1) is 6.92 Å². The van der Waals surface area contributed by atoms with Gasteiger partial charge in [0, 0.05) is 12.7 Å². The van der Waals surface area contributed by atoms with E-state index in [0.717, 1.165) is 5.69 Å². The van der Waals surface area contributed by atoms with E-state index in [9.17, 15) is 4.79 Å². The maximum atomic E-state index is 12.2.